The molecule has 1 aliphatic rings. The molecule has 1 saturated carbocycles. The van der Waals surface area contributed by atoms with Crippen molar-refractivity contribution < 1.29 is 14.7 Å². The fraction of sp³-hybridized carbons (Fsp3) is 0.818. The minimum atomic E-state index is -0.961. The zero-order valence-corrected chi connectivity index (χ0v) is 9.70. The molecule has 1 unspecified atom stereocenters. The van der Waals surface area contributed by atoms with E-state index in [0.29, 0.717) is 0 Å². The maximum Gasteiger partial charge on any atom is 0.326 e. The Labute approximate surface area is 90.0 Å². The molecule has 1 rings (SSSR count). The van der Waals surface area contributed by atoms with Crippen molar-refractivity contribution in [2.24, 2.45) is 17.3 Å². The molecule has 4 nitrogen and oxygen atoms in total. The molecule has 2 atom stereocenters. The van der Waals surface area contributed by atoms with Gasteiger partial charge in [-0.3, -0.25) is 4.79 Å². The summed E-state index contributed by atoms with van der Waals surface area (Å²) in [6.45, 7) is 7.61. The fourth-order valence-corrected chi connectivity index (χ4v) is 1.68. The van der Waals surface area contributed by atoms with Crippen molar-refractivity contribution in [2.75, 3.05) is 0 Å². The quantitative estimate of drug-likeness (QED) is 0.738. The smallest absolute Gasteiger partial charge is 0.326 e. The molecule has 1 fully saturated rings. The highest BCUT2D eigenvalue weighted by molar-refractivity contribution is 5.87. The third kappa shape index (κ3) is 2.70. The summed E-state index contributed by atoms with van der Waals surface area (Å²) in [4.78, 5) is 22.5. The van der Waals surface area contributed by atoms with Crippen LogP contribution in [0.4, 0.5) is 0 Å². The molecule has 0 radical (unpaired) electrons. The predicted molar refractivity (Wildman–Crippen MR) is 56.3 cm³/mol. The average Bonchev–Trinajstić information content (AvgIpc) is 2.69. The fourth-order valence-electron chi connectivity index (χ4n) is 1.68. The molecule has 0 spiro atoms. The van der Waals surface area contributed by atoms with Crippen molar-refractivity contribution in [3.63, 3.8) is 0 Å². The highest BCUT2D eigenvalue weighted by Crippen LogP contribution is 2.51. The number of nitrogens with one attached hydrogen (secondary N) is 1. The van der Waals surface area contributed by atoms with Gasteiger partial charge in [-0.2, -0.15) is 0 Å². The standard InChI is InChI=1S/C11H19NO3/c1-6(2)8(10(14)15)12-9(13)7-5-11(7,3)4/h6-8H,5H2,1-4H3,(H,12,13)(H,14,15)/t7-,8?/m1/s1. The Kier molecular flexibility index (Phi) is 3.07. The molecule has 0 saturated heterocycles. The third-order valence-electron chi connectivity index (χ3n) is 3.06. The van der Waals surface area contributed by atoms with Gasteiger partial charge in [0.05, 0.1) is 0 Å². The van der Waals surface area contributed by atoms with Gasteiger partial charge in [-0.25, -0.2) is 4.79 Å². The van der Waals surface area contributed by atoms with Gasteiger partial charge in [-0.15, -0.1) is 0 Å². The van der Waals surface area contributed by atoms with Crippen molar-refractivity contribution in [1.29, 1.82) is 0 Å². The average molecular weight is 213 g/mol. The highest BCUT2D eigenvalue weighted by atomic mass is 16.4. The van der Waals surface area contributed by atoms with Gasteiger partial charge in [0.2, 0.25) is 5.91 Å². The second kappa shape index (κ2) is 3.83. The Hall–Kier alpha value is -1.06. The van der Waals surface area contributed by atoms with Crippen LogP contribution in [0.25, 0.3) is 0 Å². The van der Waals surface area contributed by atoms with Gasteiger partial charge in [0.15, 0.2) is 0 Å². The number of hydrogen-bond donors (Lipinski definition) is 2. The lowest BCUT2D eigenvalue weighted by molar-refractivity contribution is -0.143. The normalized spacial score (nSPS) is 24.7. The first-order valence-electron chi connectivity index (χ1n) is 5.29. The molecular weight excluding hydrogens is 194 g/mol. The van der Waals surface area contributed by atoms with Gasteiger partial charge in [0.25, 0.3) is 0 Å². The van der Waals surface area contributed by atoms with Crippen molar-refractivity contribution in [3.8, 4) is 0 Å². The number of carbonyl (C=O) groups excluding carboxylic acids is 1. The van der Waals surface area contributed by atoms with Gasteiger partial charge >= 0.3 is 5.97 Å². The van der Waals surface area contributed by atoms with Crippen LogP contribution in [-0.4, -0.2) is 23.0 Å². The van der Waals surface area contributed by atoms with Crippen LogP contribution in [0.3, 0.4) is 0 Å². The predicted octanol–water partition coefficient (Wildman–Crippen LogP) is 1.26. The van der Waals surface area contributed by atoms with Crippen molar-refractivity contribution in [3.05, 3.63) is 0 Å². The minimum absolute atomic E-state index is 0.0156. The van der Waals surface area contributed by atoms with E-state index < -0.39 is 12.0 Å². The van der Waals surface area contributed by atoms with Crippen LogP contribution in [-0.2, 0) is 9.59 Å². The zero-order chi connectivity index (χ0) is 11.8. The summed E-state index contributed by atoms with van der Waals surface area (Å²) in [5, 5.41) is 11.5. The summed E-state index contributed by atoms with van der Waals surface area (Å²) in [5.41, 5.74) is 0.0458. The van der Waals surface area contributed by atoms with Crippen LogP contribution >= 0.6 is 0 Å². The Morgan fingerprint density at radius 2 is 1.87 bits per heavy atom. The molecule has 4 heteroatoms. The van der Waals surface area contributed by atoms with Gasteiger partial charge in [-0.1, -0.05) is 27.7 Å². The first-order chi connectivity index (χ1) is 6.75. The molecule has 86 valence electrons. The largest absolute Gasteiger partial charge is 0.480 e. The van der Waals surface area contributed by atoms with Crippen LogP contribution in [0.5, 0.6) is 0 Å². The van der Waals surface area contributed by atoms with E-state index in [4.69, 9.17) is 5.11 Å². The second-order valence-electron chi connectivity index (χ2n) is 5.31. The molecule has 0 bridgehead atoms. The lowest BCUT2D eigenvalue weighted by Crippen LogP contribution is -2.45. The number of amides is 1. The number of carboxylic acids is 1. The monoisotopic (exact) mass is 213 g/mol. The number of carbonyl (C=O) groups is 2. The van der Waals surface area contributed by atoms with Crippen molar-refractivity contribution >= 4 is 11.9 Å². The molecule has 0 heterocycles. The van der Waals surface area contributed by atoms with E-state index >= 15 is 0 Å². The number of carboxylic acid groups (broad SMARTS) is 1. The maximum atomic E-state index is 11.7. The van der Waals surface area contributed by atoms with E-state index in [1.54, 1.807) is 13.8 Å². The summed E-state index contributed by atoms with van der Waals surface area (Å²) < 4.78 is 0. The van der Waals surface area contributed by atoms with Gasteiger partial charge < -0.3 is 10.4 Å². The summed E-state index contributed by atoms with van der Waals surface area (Å²) in [5.74, 6) is -1.19. The molecule has 2 N–H and O–H groups in total. The van der Waals surface area contributed by atoms with Crippen molar-refractivity contribution in [2.45, 2.75) is 40.2 Å². The zero-order valence-electron chi connectivity index (χ0n) is 9.70. The molecule has 0 aromatic rings. The van der Waals surface area contributed by atoms with E-state index in [0.717, 1.165) is 6.42 Å². The van der Waals surface area contributed by atoms with Gasteiger partial charge in [0, 0.05) is 5.92 Å². The first kappa shape index (κ1) is 12.0. The first-order valence-corrected chi connectivity index (χ1v) is 5.29. The van der Waals surface area contributed by atoms with E-state index in [-0.39, 0.29) is 23.2 Å². The summed E-state index contributed by atoms with van der Waals surface area (Å²) in [6.07, 6.45) is 0.850. The molecule has 0 aliphatic heterocycles. The molecule has 1 amide bonds. The van der Waals surface area contributed by atoms with Crippen LogP contribution in [0, 0.1) is 17.3 Å². The topological polar surface area (TPSA) is 66.4 Å². The molecule has 15 heavy (non-hydrogen) atoms. The molecular formula is C11H19NO3. The Morgan fingerprint density at radius 3 is 2.13 bits per heavy atom. The summed E-state index contributed by atoms with van der Waals surface area (Å²) >= 11 is 0. The highest BCUT2D eigenvalue weighted by Gasteiger charge is 2.51. The van der Waals surface area contributed by atoms with Gasteiger partial charge in [0.1, 0.15) is 6.04 Å². The molecule has 1 aliphatic carbocycles. The third-order valence-corrected chi connectivity index (χ3v) is 3.06. The van der Waals surface area contributed by atoms with Gasteiger partial charge in [-0.05, 0) is 17.8 Å². The number of rotatable bonds is 4. The Balaban J connectivity index is 2.53. The van der Waals surface area contributed by atoms with Crippen LogP contribution in [0.1, 0.15) is 34.1 Å². The van der Waals surface area contributed by atoms with E-state index in [1.165, 1.54) is 0 Å². The minimum Gasteiger partial charge on any atom is -0.480 e. The number of hydrogen-bond acceptors (Lipinski definition) is 2. The van der Waals surface area contributed by atoms with E-state index in [2.05, 4.69) is 5.32 Å². The van der Waals surface area contributed by atoms with Crippen LogP contribution < -0.4 is 5.32 Å². The lowest BCUT2D eigenvalue weighted by Gasteiger charge is -2.18. The van der Waals surface area contributed by atoms with E-state index in [1.807, 2.05) is 13.8 Å². The van der Waals surface area contributed by atoms with Crippen molar-refractivity contribution in [1.82, 2.24) is 5.32 Å². The Bertz CT molecular complexity index is 284. The summed E-state index contributed by atoms with van der Waals surface area (Å²) in [7, 11) is 0. The lowest BCUT2D eigenvalue weighted by atomic mass is 10.0. The molecule has 0 aromatic heterocycles. The summed E-state index contributed by atoms with van der Waals surface area (Å²) in [6, 6.07) is -0.770. The maximum absolute atomic E-state index is 11.7. The molecule has 0 aromatic carbocycles. The number of aliphatic carboxylic acids is 1. The van der Waals surface area contributed by atoms with Crippen LogP contribution in [0.15, 0.2) is 0 Å². The Morgan fingerprint density at radius 1 is 1.40 bits per heavy atom. The second-order valence-corrected chi connectivity index (χ2v) is 5.31. The van der Waals surface area contributed by atoms with Crippen LogP contribution in [0.2, 0.25) is 0 Å². The SMILES string of the molecule is CC(C)C(NC(=O)[C@H]1CC1(C)C)C(=O)O. The van der Waals surface area contributed by atoms with E-state index in [9.17, 15) is 9.59 Å².